The minimum Gasteiger partial charge on any atom is -0.497 e. The first-order chi connectivity index (χ1) is 10.1. The van der Waals surface area contributed by atoms with Crippen LogP contribution in [0.15, 0.2) is 24.3 Å². The summed E-state index contributed by atoms with van der Waals surface area (Å²) in [4.78, 5) is 12.0. The molecule has 1 amide bonds. The molecule has 1 fully saturated rings. The zero-order valence-corrected chi connectivity index (χ0v) is 13.0. The highest BCUT2D eigenvalue weighted by molar-refractivity contribution is 5.76. The summed E-state index contributed by atoms with van der Waals surface area (Å²) in [5.74, 6) is 0.967. The molecule has 1 aromatic rings. The van der Waals surface area contributed by atoms with E-state index in [4.69, 9.17) is 9.47 Å². The van der Waals surface area contributed by atoms with E-state index >= 15 is 0 Å². The van der Waals surface area contributed by atoms with Gasteiger partial charge in [-0.3, -0.25) is 4.79 Å². The highest BCUT2D eigenvalue weighted by Gasteiger charge is 2.27. The predicted molar refractivity (Wildman–Crippen MR) is 82.5 cm³/mol. The zero-order chi connectivity index (χ0) is 15.1. The highest BCUT2D eigenvalue weighted by Crippen LogP contribution is 2.28. The predicted octanol–water partition coefficient (Wildman–Crippen LogP) is 2.56. The van der Waals surface area contributed by atoms with Crippen molar-refractivity contribution in [2.75, 3.05) is 26.9 Å². The van der Waals surface area contributed by atoms with Crippen LogP contribution in [0.4, 0.5) is 0 Å². The smallest absolute Gasteiger partial charge is 0.220 e. The second-order valence-electron chi connectivity index (χ2n) is 6.05. The van der Waals surface area contributed by atoms with E-state index in [0.29, 0.717) is 6.42 Å². The van der Waals surface area contributed by atoms with Gasteiger partial charge in [-0.25, -0.2) is 0 Å². The number of methoxy groups -OCH3 is 1. The first kappa shape index (κ1) is 15.8. The van der Waals surface area contributed by atoms with Crippen LogP contribution >= 0.6 is 0 Å². The number of carbonyl (C=O) groups is 1. The van der Waals surface area contributed by atoms with Gasteiger partial charge in [0.2, 0.25) is 5.91 Å². The van der Waals surface area contributed by atoms with Gasteiger partial charge in [0.15, 0.2) is 0 Å². The van der Waals surface area contributed by atoms with E-state index < -0.39 is 0 Å². The maximum absolute atomic E-state index is 12.0. The fraction of sp³-hybridized carbons (Fsp3) is 0.588. The summed E-state index contributed by atoms with van der Waals surface area (Å²) in [6.07, 6.45) is 3.33. The summed E-state index contributed by atoms with van der Waals surface area (Å²) in [5.41, 5.74) is 1.34. The number of nitrogens with one attached hydrogen (secondary N) is 1. The normalized spacial score (nSPS) is 17.2. The van der Waals surface area contributed by atoms with Gasteiger partial charge in [-0.1, -0.05) is 19.1 Å². The van der Waals surface area contributed by atoms with Crippen LogP contribution < -0.4 is 10.1 Å². The summed E-state index contributed by atoms with van der Waals surface area (Å²) in [7, 11) is 1.65. The van der Waals surface area contributed by atoms with Crippen LogP contribution in [0.5, 0.6) is 5.75 Å². The minimum absolute atomic E-state index is 0.124. The number of aryl methyl sites for hydroxylation is 1. The lowest BCUT2D eigenvalue weighted by atomic mass is 9.82. The lowest BCUT2D eigenvalue weighted by Gasteiger charge is -2.33. The SMILES string of the molecule is COc1ccc(CCC(=O)NCC2(C)CCOCC2)cc1. The molecule has 0 spiro atoms. The van der Waals surface area contributed by atoms with E-state index in [9.17, 15) is 4.79 Å². The maximum Gasteiger partial charge on any atom is 0.220 e. The summed E-state index contributed by atoms with van der Waals surface area (Å²) in [6.45, 7) is 4.58. The van der Waals surface area contributed by atoms with E-state index in [2.05, 4.69) is 12.2 Å². The number of carbonyl (C=O) groups excluding carboxylic acids is 1. The van der Waals surface area contributed by atoms with Gasteiger partial charge in [0, 0.05) is 26.2 Å². The van der Waals surface area contributed by atoms with Crippen molar-refractivity contribution < 1.29 is 14.3 Å². The molecule has 1 heterocycles. The molecule has 1 aliphatic heterocycles. The molecule has 0 saturated carbocycles. The molecule has 1 aliphatic rings. The van der Waals surface area contributed by atoms with Crippen LogP contribution in [0.25, 0.3) is 0 Å². The highest BCUT2D eigenvalue weighted by atomic mass is 16.5. The van der Waals surface area contributed by atoms with Crippen molar-refractivity contribution in [1.29, 1.82) is 0 Å². The molecule has 0 radical (unpaired) electrons. The largest absolute Gasteiger partial charge is 0.497 e. The summed E-state index contributed by atoms with van der Waals surface area (Å²) in [5, 5.41) is 3.07. The summed E-state index contributed by atoms with van der Waals surface area (Å²) in [6, 6.07) is 7.87. The van der Waals surface area contributed by atoms with Crippen LogP contribution in [0.1, 0.15) is 31.7 Å². The Labute approximate surface area is 126 Å². The van der Waals surface area contributed by atoms with Gasteiger partial charge in [0.05, 0.1) is 7.11 Å². The molecule has 116 valence electrons. The van der Waals surface area contributed by atoms with Gasteiger partial charge < -0.3 is 14.8 Å². The Kier molecular flexibility index (Phi) is 5.62. The molecule has 0 aromatic heterocycles. The van der Waals surface area contributed by atoms with Gasteiger partial charge in [-0.15, -0.1) is 0 Å². The molecule has 4 nitrogen and oxygen atoms in total. The molecule has 4 heteroatoms. The third-order valence-corrected chi connectivity index (χ3v) is 4.21. The van der Waals surface area contributed by atoms with E-state index in [1.54, 1.807) is 7.11 Å². The molecular weight excluding hydrogens is 266 g/mol. The third kappa shape index (κ3) is 5.05. The van der Waals surface area contributed by atoms with Crippen LogP contribution in [-0.4, -0.2) is 32.8 Å². The number of hydrogen-bond donors (Lipinski definition) is 1. The Hall–Kier alpha value is -1.55. The van der Waals surface area contributed by atoms with E-state index in [1.165, 1.54) is 0 Å². The van der Waals surface area contributed by atoms with Crippen LogP contribution in [0, 0.1) is 5.41 Å². The second kappa shape index (κ2) is 7.46. The second-order valence-corrected chi connectivity index (χ2v) is 6.05. The van der Waals surface area contributed by atoms with Gasteiger partial charge in [0.1, 0.15) is 5.75 Å². The molecule has 21 heavy (non-hydrogen) atoms. The molecule has 1 saturated heterocycles. The number of hydrogen-bond acceptors (Lipinski definition) is 3. The van der Waals surface area contributed by atoms with Crippen molar-refractivity contribution in [2.45, 2.75) is 32.6 Å². The van der Waals surface area contributed by atoms with Crippen LogP contribution in [-0.2, 0) is 16.0 Å². The molecule has 0 bridgehead atoms. The minimum atomic E-state index is 0.124. The molecule has 1 N–H and O–H groups in total. The first-order valence-electron chi connectivity index (χ1n) is 7.59. The zero-order valence-electron chi connectivity index (χ0n) is 13.0. The van der Waals surface area contributed by atoms with Gasteiger partial charge in [0.25, 0.3) is 0 Å². The van der Waals surface area contributed by atoms with Gasteiger partial charge >= 0.3 is 0 Å². The third-order valence-electron chi connectivity index (χ3n) is 4.21. The Balaban J connectivity index is 1.71. The monoisotopic (exact) mass is 291 g/mol. The van der Waals surface area contributed by atoms with E-state index in [1.807, 2.05) is 24.3 Å². The van der Waals surface area contributed by atoms with Crippen LogP contribution in [0.3, 0.4) is 0 Å². The van der Waals surface area contributed by atoms with Crippen molar-refractivity contribution in [3.63, 3.8) is 0 Å². The van der Waals surface area contributed by atoms with Crippen molar-refractivity contribution in [3.05, 3.63) is 29.8 Å². The average molecular weight is 291 g/mol. The van der Waals surface area contributed by atoms with Crippen molar-refractivity contribution in [2.24, 2.45) is 5.41 Å². The quantitative estimate of drug-likeness (QED) is 0.876. The maximum atomic E-state index is 12.0. The molecule has 1 aromatic carbocycles. The van der Waals surface area contributed by atoms with Crippen molar-refractivity contribution >= 4 is 5.91 Å². The van der Waals surface area contributed by atoms with Gasteiger partial charge in [-0.05, 0) is 42.4 Å². The average Bonchev–Trinajstić information content (AvgIpc) is 2.52. The van der Waals surface area contributed by atoms with Crippen molar-refractivity contribution in [1.82, 2.24) is 5.32 Å². The lowest BCUT2D eigenvalue weighted by Crippen LogP contribution is -2.39. The van der Waals surface area contributed by atoms with Gasteiger partial charge in [-0.2, -0.15) is 0 Å². The van der Waals surface area contributed by atoms with Crippen molar-refractivity contribution in [3.8, 4) is 5.75 Å². The van der Waals surface area contributed by atoms with E-state index in [0.717, 1.165) is 50.3 Å². The van der Waals surface area contributed by atoms with E-state index in [-0.39, 0.29) is 11.3 Å². The molecule has 2 rings (SSSR count). The Morgan fingerprint density at radius 2 is 1.95 bits per heavy atom. The summed E-state index contributed by atoms with van der Waals surface area (Å²) >= 11 is 0. The Morgan fingerprint density at radius 3 is 2.57 bits per heavy atom. The molecule has 0 aliphatic carbocycles. The fourth-order valence-corrected chi connectivity index (χ4v) is 2.49. The lowest BCUT2D eigenvalue weighted by molar-refractivity contribution is -0.121. The fourth-order valence-electron chi connectivity index (χ4n) is 2.49. The number of benzene rings is 1. The number of ether oxygens (including phenoxy) is 2. The first-order valence-corrected chi connectivity index (χ1v) is 7.59. The Morgan fingerprint density at radius 1 is 1.29 bits per heavy atom. The number of rotatable bonds is 6. The van der Waals surface area contributed by atoms with Crippen LogP contribution in [0.2, 0.25) is 0 Å². The topological polar surface area (TPSA) is 47.6 Å². The Bertz CT molecular complexity index is 450. The number of amides is 1. The standard InChI is InChI=1S/C17H25NO3/c1-17(9-11-21-12-10-17)13-18-16(19)8-5-14-3-6-15(20-2)7-4-14/h3-4,6-7H,5,8-13H2,1-2H3,(H,18,19). The summed E-state index contributed by atoms with van der Waals surface area (Å²) < 4.78 is 10.5. The molecule has 0 unspecified atom stereocenters. The molecule has 0 atom stereocenters. The molecular formula is C17H25NO3.